The number of aliphatic carboxylic acids is 1. The highest BCUT2D eigenvalue weighted by molar-refractivity contribution is 5.77. The number of carbonyl (C=O) groups is 2. The molecule has 1 rings (SSSR count). The minimum Gasteiger partial charge on any atom is -0.493 e. The van der Waals surface area contributed by atoms with E-state index in [1.807, 2.05) is 39.8 Å². The number of amides is 1. The SMILES string of the molecule is Cc1ccc(C)c(OCCCCC(=O)N(CCC(=O)O)C(C)C)c1. The summed E-state index contributed by atoms with van der Waals surface area (Å²) in [7, 11) is 0. The van der Waals surface area contributed by atoms with Crippen LogP contribution in [0.5, 0.6) is 5.75 Å². The number of aryl methyl sites for hydroxylation is 2. The fourth-order valence-electron chi connectivity index (χ4n) is 2.45. The van der Waals surface area contributed by atoms with Crippen molar-refractivity contribution in [3.05, 3.63) is 29.3 Å². The molecule has 0 aliphatic heterocycles. The van der Waals surface area contributed by atoms with Gasteiger partial charge in [-0.2, -0.15) is 0 Å². The van der Waals surface area contributed by atoms with Crippen molar-refractivity contribution in [2.75, 3.05) is 13.2 Å². The molecule has 0 unspecified atom stereocenters. The van der Waals surface area contributed by atoms with Crippen molar-refractivity contribution in [2.24, 2.45) is 0 Å². The zero-order valence-electron chi connectivity index (χ0n) is 15.2. The number of carboxylic acid groups (broad SMARTS) is 1. The highest BCUT2D eigenvalue weighted by Crippen LogP contribution is 2.19. The number of unbranched alkanes of at least 4 members (excludes halogenated alkanes) is 1. The smallest absolute Gasteiger partial charge is 0.305 e. The fraction of sp³-hybridized carbons (Fsp3) is 0.579. The molecule has 0 spiro atoms. The second-order valence-electron chi connectivity index (χ2n) is 6.40. The number of hydrogen-bond acceptors (Lipinski definition) is 3. The molecular weight excluding hydrogens is 306 g/mol. The van der Waals surface area contributed by atoms with E-state index in [0.717, 1.165) is 29.7 Å². The average Bonchev–Trinajstić information content (AvgIpc) is 2.49. The molecule has 5 nitrogen and oxygen atoms in total. The van der Waals surface area contributed by atoms with E-state index in [4.69, 9.17) is 9.84 Å². The van der Waals surface area contributed by atoms with Gasteiger partial charge >= 0.3 is 5.97 Å². The Kier molecular flexibility index (Phi) is 8.30. The van der Waals surface area contributed by atoms with E-state index < -0.39 is 5.97 Å². The van der Waals surface area contributed by atoms with Gasteiger partial charge in [0.1, 0.15) is 5.75 Å². The number of nitrogens with zero attached hydrogens (tertiary/aromatic N) is 1. The standard InChI is InChI=1S/C19H29NO4/c1-14(2)20(11-10-19(22)23)18(21)7-5-6-12-24-17-13-15(3)8-9-16(17)4/h8-9,13-14H,5-7,10-12H2,1-4H3,(H,22,23). The lowest BCUT2D eigenvalue weighted by atomic mass is 10.1. The van der Waals surface area contributed by atoms with Crippen LogP contribution in [-0.4, -0.2) is 41.1 Å². The summed E-state index contributed by atoms with van der Waals surface area (Å²) in [6.07, 6.45) is 1.94. The van der Waals surface area contributed by atoms with Crippen molar-refractivity contribution in [3.63, 3.8) is 0 Å². The maximum absolute atomic E-state index is 12.2. The van der Waals surface area contributed by atoms with Crippen LogP contribution in [0.1, 0.15) is 50.7 Å². The Morgan fingerprint density at radius 1 is 1.17 bits per heavy atom. The van der Waals surface area contributed by atoms with Crippen molar-refractivity contribution in [3.8, 4) is 5.75 Å². The summed E-state index contributed by atoms with van der Waals surface area (Å²) < 4.78 is 5.78. The molecule has 0 aliphatic rings. The molecule has 0 saturated heterocycles. The van der Waals surface area contributed by atoms with Crippen LogP contribution >= 0.6 is 0 Å². The van der Waals surface area contributed by atoms with Gasteiger partial charge in [0.25, 0.3) is 0 Å². The third kappa shape index (κ3) is 7.02. The molecule has 24 heavy (non-hydrogen) atoms. The predicted octanol–water partition coefficient (Wildman–Crippen LogP) is 3.56. The van der Waals surface area contributed by atoms with E-state index in [1.165, 1.54) is 0 Å². The summed E-state index contributed by atoms with van der Waals surface area (Å²) in [5.74, 6) is 0.0277. The Labute approximate surface area is 144 Å². The monoisotopic (exact) mass is 335 g/mol. The molecule has 0 saturated carbocycles. The van der Waals surface area contributed by atoms with Crippen LogP contribution in [0, 0.1) is 13.8 Å². The maximum Gasteiger partial charge on any atom is 0.305 e. The molecule has 0 heterocycles. The second kappa shape index (κ2) is 9.96. The first-order valence-electron chi connectivity index (χ1n) is 8.52. The van der Waals surface area contributed by atoms with E-state index in [-0.39, 0.29) is 24.9 Å². The van der Waals surface area contributed by atoms with E-state index in [2.05, 4.69) is 6.07 Å². The molecule has 134 valence electrons. The zero-order valence-corrected chi connectivity index (χ0v) is 15.2. The van der Waals surface area contributed by atoms with Gasteiger partial charge in [-0.1, -0.05) is 12.1 Å². The Morgan fingerprint density at radius 3 is 2.50 bits per heavy atom. The van der Waals surface area contributed by atoms with E-state index in [9.17, 15) is 9.59 Å². The molecular formula is C19H29NO4. The molecule has 0 atom stereocenters. The Bertz CT molecular complexity index is 554. The van der Waals surface area contributed by atoms with Crippen molar-refractivity contribution in [1.29, 1.82) is 0 Å². The first-order chi connectivity index (χ1) is 11.3. The average molecular weight is 335 g/mol. The zero-order chi connectivity index (χ0) is 18.1. The number of carbonyl (C=O) groups excluding carboxylic acids is 1. The largest absolute Gasteiger partial charge is 0.493 e. The summed E-state index contributed by atoms with van der Waals surface area (Å²) >= 11 is 0. The van der Waals surface area contributed by atoms with E-state index in [1.54, 1.807) is 4.90 Å². The maximum atomic E-state index is 12.2. The lowest BCUT2D eigenvalue weighted by molar-refractivity contribution is -0.139. The van der Waals surface area contributed by atoms with Gasteiger partial charge in [-0.15, -0.1) is 0 Å². The first kappa shape index (κ1) is 20.0. The van der Waals surface area contributed by atoms with Gasteiger partial charge in [0.15, 0.2) is 0 Å². The topological polar surface area (TPSA) is 66.8 Å². The van der Waals surface area contributed by atoms with Gasteiger partial charge in [-0.05, 0) is 57.7 Å². The Morgan fingerprint density at radius 2 is 1.88 bits per heavy atom. The van der Waals surface area contributed by atoms with Crippen LogP contribution in [0.25, 0.3) is 0 Å². The highest BCUT2D eigenvalue weighted by atomic mass is 16.5. The molecule has 1 aromatic carbocycles. The van der Waals surface area contributed by atoms with Gasteiger partial charge in [0.05, 0.1) is 13.0 Å². The minimum atomic E-state index is -0.879. The molecule has 0 aromatic heterocycles. The molecule has 1 amide bonds. The number of hydrogen-bond donors (Lipinski definition) is 1. The van der Waals surface area contributed by atoms with Crippen LogP contribution in [0.2, 0.25) is 0 Å². The molecule has 1 N–H and O–H groups in total. The van der Waals surface area contributed by atoms with E-state index in [0.29, 0.717) is 13.0 Å². The van der Waals surface area contributed by atoms with Crippen molar-refractivity contribution in [2.45, 2.75) is 59.4 Å². The van der Waals surface area contributed by atoms with E-state index >= 15 is 0 Å². The quantitative estimate of drug-likeness (QED) is 0.664. The van der Waals surface area contributed by atoms with Gasteiger partial charge in [-0.25, -0.2) is 0 Å². The van der Waals surface area contributed by atoms with Crippen LogP contribution in [0.4, 0.5) is 0 Å². The Balaban J connectivity index is 2.33. The highest BCUT2D eigenvalue weighted by Gasteiger charge is 2.17. The minimum absolute atomic E-state index is 0.0120. The van der Waals surface area contributed by atoms with Crippen LogP contribution in [0.15, 0.2) is 18.2 Å². The number of rotatable bonds is 10. The predicted molar refractivity (Wildman–Crippen MR) is 94.4 cm³/mol. The molecule has 5 heteroatoms. The summed E-state index contributed by atoms with van der Waals surface area (Å²) in [5.41, 5.74) is 2.27. The summed E-state index contributed by atoms with van der Waals surface area (Å²) in [6, 6.07) is 6.13. The summed E-state index contributed by atoms with van der Waals surface area (Å²) in [5, 5.41) is 8.77. The summed E-state index contributed by atoms with van der Waals surface area (Å²) in [4.78, 5) is 24.5. The molecule has 1 aromatic rings. The lowest BCUT2D eigenvalue weighted by Crippen LogP contribution is -2.38. The molecule has 0 aliphatic carbocycles. The van der Waals surface area contributed by atoms with Gasteiger partial charge in [0.2, 0.25) is 5.91 Å². The van der Waals surface area contributed by atoms with Crippen molar-refractivity contribution >= 4 is 11.9 Å². The second-order valence-corrected chi connectivity index (χ2v) is 6.40. The number of carboxylic acids is 1. The number of benzene rings is 1. The third-order valence-corrected chi connectivity index (χ3v) is 3.90. The summed E-state index contributed by atoms with van der Waals surface area (Å²) in [6.45, 7) is 8.70. The first-order valence-corrected chi connectivity index (χ1v) is 8.52. The van der Waals surface area contributed by atoms with Crippen LogP contribution < -0.4 is 4.74 Å². The van der Waals surface area contributed by atoms with Crippen molar-refractivity contribution in [1.82, 2.24) is 4.90 Å². The number of ether oxygens (including phenoxy) is 1. The fourth-order valence-corrected chi connectivity index (χ4v) is 2.45. The van der Waals surface area contributed by atoms with Crippen LogP contribution in [0.3, 0.4) is 0 Å². The molecule has 0 fully saturated rings. The lowest BCUT2D eigenvalue weighted by Gasteiger charge is -2.26. The normalized spacial score (nSPS) is 10.7. The van der Waals surface area contributed by atoms with Crippen LogP contribution in [-0.2, 0) is 9.59 Å². The van der Waals surface area contributed by atoms with Gasteiger partial charge in [-0.3, -0.25) is 9.59 Å². The van der Waals surface area contributed by atoms with Gasteiger partial charge < -0.3 is 14.7 Å². The Hall–Kier alpha value is -2.04. The molecule has 0 radical (unpaired) electrons. The third-order valence-electron chi connectivity index (χ3n) is 3.90. The van der Waals surface area contributed by atoms with Crippen molar-refractivity contribution < 1.29 is 19.4 Å². The van der Waals surface area contributed by atoms with Gasteiger partial charge in [0, 0.05) is 19.0 Å². The molecule has 0 bridgehead atoms.